The predicted octanol–water partition coefficient (Wildman–Crippen LogP) is 5.33. The van der Waals surface area contributed by atoms with E-state index in [1.54, 1.807) is 29.7 Å². The fourth-order valence-corrected chi connectivity index (χ4v) is 7.38. The van der Waals surface area contributed by atoms with Crippen LogP contribution in [0.25, 0.3) is 22.3 Å². The highest BCUT2D eigenvalue weighted by atomic mass is 32.2. The Morgan fingerprint density at radius 1 is 1.06 bits per heavy atom. The average molecular weight is 711 g/mol. The van der Waals surface area contributed by atoms with Gasteiger partial charge in [0.2, 0.25) is 5.60 Å². The zero-order chi connectivity index (χ0) is 35.2. The molecule has 11 nitrogen and oxygen atoms in total. The van der Waals surface area contributed by atoms with Gasteiger partial charge < -0.3 is 14.0 Å². The number of amidine groups is 1. The summed E-state index contributed by atoms with van der Waals surface area (Å²) in [6.07, 6.45) is -0.149. The molecule has 1 atom stereocenters. The first kappa shape index (κ1) is 35.1. The van der Waals surface area contributed by atoms with E-state index in [2.05, 4.69) is 9.71 Å². The van der Waals surface area contributed by atoms with Crippen molar-refractivity contribution in [2.45, 2.75) is 57.8 Å². The summed E-state index contributed by atoms with van der Waals surface area (Å²) in [7, 11) is -4.12. The van der Waals surface area contributed by atoms with Gasteiger partial charge in [0.25, 0.3) is 15.6 Å². The number of aliphatic imine (C=N–C) groups is 1. The number of cyclic esters (lactones) is 1. The number of pyridine rings is 2. The van der Waals surface area contributed by atoms with E-state index in [1.807, 2.05) is 37.3 Å². The first-order chi connectivity index (χ1) is 24.0. The van der Waals surface area contributed by atoms with Gasteiger partial charge in [0.1, 0.15) is 24.8 Å². The number of hydrogen-bond donors (Lipinski definition) is 1. The lowest BCUT2D eigenvalue weighted by Gasteiger charge is -2.35. The largest absolute Gasteiger partial charge is 0.457 e. The number of sulfonamides is 1. The van der Waals surface area contributed by atoms with Crippen molar-refractivity contribution in [3.63, 3.8) is 0 Å². The van der Waals surface area contributed by atoms with Gasteiger partial charge in [-0.2, -0.15) is 0 Å². The molecule has 0 saturated carbocycles. The highest BCUT2D eigenvalue weighted by Crippen LogP contribution is 2.41. The summed E-state index contributed by atoms with van der Waals surface area (Å²) < 4.78 is 55.4. The van der Waals surface area contributed by atoms with Gasteiger partial charge in [-0.05, 0) is 61.4 Å². The van der Waals surface area contributed by atoms with E-state index in [9.17, 15) is 27.2 Å². The molecule has 0 unspecified atom stereocenters. The number of esters is 2. The number of carbonyl (C=O) groups excluding carboxylic acids is 2. The second kappa shape index (κ2) is 13.6. The van der Waals surface area contributed by atoms with Crippen molar-refractivity contribution in [2.75, 3.05) is 6.54 Å². The first-order valence-corrected chi connectivity index (χ1v) is 17.4. The van der Waals surface area contributed by atoms with Crippen molar-refractivity contribution < 1.29 is 31.9 Å². The van der Waals surface area contributed by atoms with Crippen molar-refractivity contribution in [3.8, 4) is 11.4 Å². The molecule has 0 radical (unpaired) electrons. The Labute approximate surface area is 293 Å². The van der Waals surface area contributed by atoms with E-state index in [0.717, 1.165) is 22.0 Å². The van der Waals surface area contributed by atoms with Crippen LogP contribution in [0, 0.1) is 12.7 Å². The van der Waals surface area contributed by atoms with E-state index in [4.69, 9.17) is 14.5 Å². The maximum Gasteiger partial charge on any atom is 0.355 e. The molecule has 2 aromatic heterocycles. The number of benzene rings is 3. The maximum absolute atomic E-state index is 13.8. The number of fused-ring (bicyclic) bond motifs is 5. The number of rotatable bonds is 8. The summed E-state index contributed by atoms with van der Waals surface area (Å²) in [6.45, 7) is 2.76. The van der Waals surface area contributed by atoms with Crippen molar-refractivity contribution >= 4 is 38.7 Å². The van der Waals surface area contributed by atoms with E-state index in [1.165, 1.54) is 36.4 Å². The lowest BCUT2D eigenvalue weighted by Crippen LogP contribution is -2.48. The molecule has 0 bridgehead atoms. The fraction of sp³-hybridized carbons (Fsp3) is 0.237. The van der Waals surface area contributed by atoms with Crippen LogP contribution in [0.3, 0.4) is 0 Å². The summed E-state index contributed by atoms with van der Waals surface area (Å²) >= 11 is 0. The van der Waals surface area contributed by atoms with Crippen molar-refractivity contribution in [1.29, 1.82) is 0 Å². The van der Waals surface area contributed by atoms with E-state index >= 15 is 0 Å². The number of aromatic nitrogens is 2. The molecular weight excluding hydrogens is 676 g/mol. The Hall–Kier alpha value is -5.69. The molecule has 4 heterocycles. The number of aryl methyl sites for hydroxylation is 1. The highest BCUT2D eigenvalue weighted by molar-refractivity contribution is 7.90. The smallest absolute Gasteiger partial charge is 0.355 e. The summed E-state index contributed by atoms with van der Waals surface area (Å²) in [4.78, 5) is 49.8. The number of halogens is 1. The average Bonchev–Trinajstić information content (AvgIpc) is 3.46. The number of ether oxygens (including phenoxy) is 2. The van der Waals surface area contributed by atoms with Crippen LogP contribution < -0.4 is 10.3 Å². The molecule has 13 heteroatoms. The second-order valence-electron chi connectivity index (χ2n) is 12.2. The fourth-order valence-electron chi connectivity index (χ4n) is 6.32. The van der Waals surface area contributed by atoms with E-state index < -0.39 is 39.9 Å². The van der Waals surface area contributed by atoms with E-state index in [-0.39, 0.29) is 60.8 Å². The highest BCUT2D eigenvalue weighted by Gasteiger charge is 2.50. The molecule has 1 N–H and O–H groups in total. The van der Waals surface area contributed by atoms with Crippen molar-refractivity contribution in [3.05, 3.63) is 129 Å². The number of para-hydroxylation sites is 1. The van der Waals surface area contributed by atoms with Gasteiger partial charge >= 0.3 is 11.9 Å². The molecule has 262 valence electrons. The Morgan fingerprint density at radius 2 is 1.78 bits per heavy atom. The topological polar surface area (TPSA) is 146 Å². The third-order valence-electron chi connectivity index (χ3n) is 8.94. The molecular formula is C38H35FN4O7S. The van der Waals surface area contributed by atoms with Crippen LogP contribution in [0.4, 0.5) is 4.39 Å². The zero-order valence-electron chi connectivity index (χ0n) is 27.1. The normalized spacial score (nSPS) is 16.4. The number of nitrogens with one attached hydrogen (secondary N) is 1. The summed E-state index contributed by atoms with van der Waals surface area (Å²) in [6, 6.07) is 22.8. The second-order valence-corrected chi connectivity index (χ2v) is 13.9. The molecule has 2 aliphatic rings. The summed E-state index contributed by atoms with van der Waals surface area (Å²) in [5.41, 5.74) is 2.09. The van der Waals surface area contributed by atoms with Crippen LogP contribution in [-0.2, 0) is 54.3 Å². The summed E-state index contributed by atoms with van der Waals surface area (Å²) in [5, 5.41) is 0.924. The zero-order valence-corrected chi connectivity index (χ0v) is 27.9. The Kier molecular flexibility index (Phi) is 9.34. The van der Waals surface area contributed by atoms with Gasteiger partial charge in [0, 0.05) is 22.9 Å². The Balaban J connectivity index is 0.00000448. The van der Waals surface area contributed by atoms with E-state index in [0.29, 0.717) is 17.0 Å². The van der Waals surface area contributed by atoms with Crippen molar-refractivity contribution in [2.24, 2.45) is 4.99 Å². The molecule has 0 saturated heterocycles. The monoisotopic (exact) mass is 710 g/mol. The van der Waals surface area contributed by atoms with Crippen LogP contribution in [0.5, 0.6) is 0 Å². The standard InChI is InChI=1S/C37H31FN4O7S.CH4/c1-3-37(29-18-31-34-25(17-24-6-4-5-7-30(24)40-34)20-42(31)35(44)28(29)21-48-36(37)45)49-33(43)19-39-32(16-23-10-12-26(38)13-11-23)41-50(46,47)27-14-8-22(2)9-15-27;/h4-15,17-18H,3,16,19-21H2,1-2H3,(H,39,41);1H4/t37-;/m0./s1. The Morgan fingerprint density at radius 3 is 2.51 bits per heavy atom. The Bertz CT molecular complexity index is 2390. The van der Waals surface area contributed by atoms with Gasteiger partial charge in [-0.3, -0.25) is 14.5 Å². The quantitative estimate of drug-likeness (QED) is 0.127. The molecule has 3 aromatic carbocycles. The van der Waals surface area contributed by atoms with Crippen LogP contribution in [0.1, 0.15) is 48.6 Å². The third-order valence-corrected chi connectivity index (χ3v) is 10.3. The molecule has 0 amide bonds. The number of carbonyl (C=O) groups is 2. The van der Waals surface area contributed by atoms with Gasteiger partial charge in [-0.15, -0.1) is 0 Å². The lowest BCUT2D eigenvalue weighted by molar-refractivity contribution is -0.188. The minimum absolute atomic E-state index is 0. The molecule has 0 spiro atoms. The molecule has 7 rings (SSSR count). The van der Waals surface area contributed by atoms with Crippen molar-refractivity contribution in [1.82, 2.24) is 14.3 Å². The van der Waals surface area contributed by atoms with Gasteiger partial charge in [0.05, 0.1) is 33.9 Å². The minimum atomic E-state index is -4.12. The van der Waals surface area contributed by atoms with Crippen LogP contribution in [0.2, 0.25) is 0 Å². The van der Waals surface area contributed by atoms with Gasteiger partial charge in [-0.25, -0.2) is 27.4 Å². The number of hydrogen-bond acceptors (Lipinski definition) is 9. The predicted molar refractivity (Wildman–Crippen MR) is 189 cm³/mol. The first-order valence-electron chi connectivity index (χ1n) is 15.9. The summed E-state index contributed by atoms with van der Waals surface area (Å²) in [5.74, 6) is -2.39. The van der Waals surface area contributed by atoms with Gasteiger partial charge in [0.15, 0.2) is 0 Å². The molecule has 0 aliphatic carbocycles. The van der Waals surface area contributed by atoms with Gasteiger partial charge in [-0.1, -0.05) is 62.4 Å². The molecule has 5 aromatic rings. The van der Waals surface area contributed by atoms with Crippen LogP contribution in [-0.4, -0.2) is 42.3 Å². The molecule has 0 fully saturated rings. The minimum Gasteiger partial charge on any atom is -0.457 e. The maximum atomic E-state index is 13.8. The molecule has 2 aliphatic heterocycles. The molecule has 51 heavy (non-hydrogen) atoms. The van der Waals surface area contributed by atoms with Crippen LogP contribution >= 0.6 is 0 Å². The lowest BCUT2D eigenvalue weighted by atomic mass is 9.85. The number of nitrogens with zero attached hydrogens (tertiary/aromatic N) is 3. The SMILES string of the molecule is C.CC[C@@]1(OC(=O)CN=C(Cc2ccc(F)cc2)NS(=O)(=O)c2ccc(C)cc2)C(=O)OCc2c1cc1n(c2=O)Cc2cc3ccccc3nc2-1. The third kappa shape index (κ3) is 6.52. The van der Waals surface area contributed by atoms with Crippen LogP contribution in [0.15, 0.2) is 99.6 Å².